The number of fused-ring (bicyclic) bond motifs is 20. The number of pyridine rings is 10. The van der Waals surface area contributed by atoms with Gasteiger partial charge < -0.3 is 22.1 Å². The molecule has 0 bridgehead atoms. The molecule has 1 aliphatic rings. The van der Waals surface area contributed by atoms with Gasteiger partial charge in [-0.25, -0.2) is 47.8 Å². The van der Waals surface area contributed by atoms with Crippen LogP contribution in [0.15, 0.2) is 326 Å². The summed E-state index contributed by atoms with van der Waals surface area (Å²) < 4.78 is 66.7. The van der Waals surface area contributed by atoms with Crippen molar-refractivity contribution in [3.8, 4) is 56.3 Å². The molecule has 137 heavy (non-hydrogen) atoms. The van der Waals surface area contributed by atoms with Crippen molar-refractivity contribution in [1.29, 1.82) is 0 Å². The van der Waals surface area contributed by atoms with Gasteiger partial charge in [0.15, 0.2) is 58.9 Å². The number of hydrogen-bond donors (Lipinski definition) is 0. The zero-order valence-corrected chi connectivity index (χ0v) is 79.6. The van der Waals surface area contributed by atoms with Crippen molar-refractivity contribution in [3.63, 3.8) is 0 Å². The van der Waals surface area contributed by atoms with Crippen LogP contribution in [-0.4, -0.2) is 24.9 Å². The van der Waals surface area contributed by atoms with Crippen LogP contribution < -0.4 is 22.8 Å². The first-order chi connectivity index (χ1) is 67.8. The molecular formula is C122H107N10O5+5. The second-order valence-corrected chi connectivity index (χ2v) is 37.4. The van der Waals surface area contributed by atoms with Gasteiger partial charge in [0, 0.05) is 146 Å². The number of furan rings is 5. The van der Waals surface area contributed by atoms with Crippen LogP contribution in [0.5, 0.6) is 0 Å². The minimum atomic E-state index is -2.26. The fraction of sp³-hybridized carbons (Fsp3) is 0.180. The second kappa shape index (κ2) is 35.1. The Bertz CT molecular complexity index is 9340. The van der Waals surface area contributed by atoms with Crippen molar-refractivity contribution in [2.45, 2.75) is 113 Å². The van der Waals surface area contributed by atoms with Crippen LogP contribution in [0.2, 0.25) is 0 Å². The summed E-state index contributed by atoms with van der Waals surface area (Å²) in [6, 6.07) is 94.3. The summed E-state index contributed by atoms with van der Waals surface area (Å²) >= 11 is 0. The van der Waals surface area contributed by atoms with Crippen molar-refractivity contribution < 1.29 is 49.0 Å². The standard InChI is InChI=1S/C27H25N2O.C25H23N2O.C24H21N2O.2C23H19N2O/c1-17-11-12-21-22-15-20-9-5-6-10-23(20)28-27(22)30-26(21)25(17)24-16-19(13-14-29(24)2)18-7-3-4-8-18;1-15(2)17-11-12-27(4)22(14-17)23-16(3)9-10-19-20-13-18-7-5-6-8-21(18)26-25(20)28-24(19)23;1-4-16-11-12-26(3)21(13-16)22-15(2)9-10-18-19-14-17-7-5-6-8-20(17)25-24(19)27-23(18)22;1-14-12-15(2)21(19-10-6-7-11-25(19)3)22-20(14)17-13-16-8-4-5-9-18(16)24-23(17)26-22;1-14-10-11-25(3)20(12-14)21-15(2)8-9-17-18-13-16-6-4-5-7-19(16)24-23(18)26-22(17)21/h5-6,9-16,18H,3-4,7-8H2,1-2H3;5-15H,1-4H3;5-14H,4H2,1-3H3;2*4-13H,1-3H3/q5*+1/i;;;1D3;. The Morgan fingerprint density at radius 2 is 0.650 bits per heavy atom. The highest BCUT2D eigenvalue weighted by atomic mass is 16.4. The SMILES string of the molecule is CCc1cc[n+](C)c(-c2c(C)ccc3c2oc2nc4ccccc4cc23)c1.Cc1cc[n+](C)c(-c2c(C)ccc3c2oc2nc4ccccc4cc23)c1.Cc1ccc2c(oc3nc4ccccc4cc32)c1-c1cc(C(C)C)cc[n+]1C.Cc1ccc2c(oc3nc4ccccc4cc32)c1-c1cc(C2CCCC2)cc[n+]1C.[2H]C([2H])([2H])c1cc(C)c(-c2cccc[n+]2C)c2oc3nc4ccccc4cc3c12. The largest absolute Gasteiger partial charge is 0.437 e. The fourth-order valence-corrected chi connectivity index (χ4v) is 20.4. The van der Waals surface area contributed by atoms with Crippen molar-refractivity contribution in [2.24, 2.45) is 35.2 Å². The summed E-state index contributed by atoms with van der Waals surface area (Å²) in [5.41, 5.74) is 34.6. The van der Waals surface area contributed by atoms with Crippen LogP contribution in [0.4, 0.5) is 0 Å². The molecule has 0 saturated heterocycles. The fourth-order valence-electron chi connectivity index (χ4n) is 20.4. The average molecular weight is 1800 g/mol. The predicted octanol–water partition coefficient (Wildman–Crippen LogP) is 28.6. The summed E-state index contributed by atoms with van der Waals surface area (Å²) in [5.74, 6) is 1.16. The molecule has 670 valence electrons. The Labute approximate surface area is 798 Å². The maximum atomic E-state index is 8.11. The summed E-state index contributed by atoms with van der Waals surface area (Å²) in [6.07, 6.45) is 16.8. The van der Waals surface area contributed by atoms with E-state index in [0.29, 0.717) is 56.9 Å². The molecule has 10 aromatic carbocycles. The third-order valence-corrected chi connectivity index (χ3v) is 27.9. The van der Waals surface area contributed by atoms with Crippen LogP contribution in [0.1, 0.15) is 118 Å². The van der Waals surface area contributed by atoms with Gasteiger partial charge in [0.05, 0.1) is 55.4 Å². The van der Waals surface area contributed by atoms with Crippen molar-refractivity contribution >= 4 is 165 Å². The van der Waals surface area contributed by atoms with Gasteiger partial charge in [0.1, 0.15) is 35.2 Å². The first-order valence-corrected chi connectivity index (χ1v) is 47.4. The zero-order chi connectivity index (χ0) is 96.4. The summed E-state index contributed by atoms with van der Waals surface area (Å²) in [5, 5.41) is 15.6. The van der Waals surface area contributed by atoms with E-state index < -0.39 is 6.85 Å². The highest BCUT2D eigenvalue weighted by Gasteiger charge is 2.31. The van der Waals surface area contributed by atoms with Crippen LogP contribution >= 0.6 is 0 Å². The van der Waals surface area contributed by atoms with Crippen molar-refractivity contribution in [1.82, 2.24) is 24.9 Å². The predicted molar refractivity (Wildman–Crippen MR) is 556 cm³/mol. The Kier molecular flexibility index (Phi) is 21.2. The third kappa shape index (κ3) is 15.6. The number of nitrogens with zero attached hydrogens (tertiary/aromatic N) is 10. The minimum absolute atomic E-state index is 0.295. The van der Waals surface area contributed by atoms with E-state index in [4.69, 9.17) is 46.1 Å². The molecule has 0 N–H and O–H groups in total. The van der Waals surface area contributed by atoms with Gasteiger partial charge >= 0.3 is 0 Å². The number of rotatable bonds is 8. The van der Waals surface area contributed by atoms with E-state index >= 15 is 0 Å². The summed E-state index contributed by atoms with van der Waals surface area (Å²) in [4.78, 5) is 23.8. The van der Waals surface area contributed by atoms with Gasteiger partial charge in [-0.05, 0) is 202 Å². The quantitative estimate of drug-likeness (QED) is 0.135. The van der Waals surface area contributed by atoms with Gasteiger partial charge in [-0.1, -0.05) is 179 Å². The molecule has 0 unspecified atom stereocenters. The molecule has 0 aliphatic heterocycles. The van der Waals surface area contributed by atoms with E-state index in [9.17, 15) is 0 Å². The van der Waals surface area contributed by atoms with E-state index in [1.165, 1.54) is 87.1 Å². The van der Waals surface area contributed by atoms with E-state index in [1.54, 1.807) is 6.07 Å². The first-order valence-electron chi connectivity index (χ1n) is 48.9. The lowest BCUT2D eigenvalue weighted by Gasteiger charge is -2.11. The molecule has 0 spiro atoms. The molecule has 0 amide bonds. The molecular weight excluding hydrogens is 1690 g/mol. The van der Waals surface area contributed by atoms with Gasteiger partial charge in [0.2, 0.25) is 57.0 Å². The highest BCUT2D eigenvalue weighted by molar-refractivity contribution is 6.17. The lowest BCUT2D eigenvalue weighted by atomic mass is 9.94. The number of para-hydroxylation sites is 5. The average Bonchev–Trinajstić information content (AvgIpc) is 1.58. The first kappa shape index (κ1) is 82.9. The number of hydrogen-bond acceptors (Lipinski definition) is 10. The van der Waals surface area contributed by atoms with Gasteiger partial charge in [-0.2, -0.15) is 0 Å². The molecule has 1 aliphatic carbocycles. The summed E-state index contributed by atoms with van der Waals surface area (Å²) in [6.45, 7) is 17.0. The summed E-state index contributed by atoms with van der Waals surface area (Å²) in [7, 11) is 10.3. The lowest BCUT2D eigenvalue weighted by Crippen LogP contribution is -2.31. The maximum absolute atomic E-state index is 8.11. The molecule has 15 heteroatoms. The Morgan fingerprint density at radius 1 is 0.307 bits per heavy atom. The molecule has 15 heterocycles. The van der Waals surface area contributed by atoms with Gasteiger partial charge in [-0.3, -0.25) is 0 Å². The van der Waals surface area contributed by atoms with Gasteiger partial charge in [0.25, 0.3) is 0 Å². The normalized spacial score (nSPS) is 12.9. The molecule has 25 aromatic rings. The third-order valence-electron chi connectivity index (χ3n) is 27.9. The van der Waals surface area contributed by atoms with E-state index in [-0.39, 0.29) is 0 Å². The molecule has 0 radical (unpaired) electrons. The van der Waals surface area contributed by atoms with Crippen molar-refractivity contribution in [2.75, 3.05) is 0 Å². The monoisotopic (exact) mass is 1790 g/mol. The van der Waals surface area contributed by atoms with Crippen LogP contribution in [-0.2, 0) is 41.7 Å². The maximum Gasteiger partial charge on any atom is 0.227 e. The minimum Gasteiger partial charge on any atom is -0.437 e. The van der Waals surface area contributed by atoms with Crippen LogP contribution in [0, 0.1) is 48.4 Å². The van der Waals surface area contributed by atoms with E-state index in [1.807, 2.05) is 140 Å². The number of aryl methyl sites for hydroxylation is 13. The molecule has 0 atom stereocenters. The lowest BCUT2D eigenvalue weighted by molar-refractivity contribution is -0.660. The smallest absolute Gasteiger partial charge is 0.227 e. The molecule has 15 nitrogen and oxygen atoms in total. The number of benzene rings is 10. The van der Waals surface area contributed by atoms with Crippen LogP contribution in [0.25, 0.3) is 221 Å². The van der Waals surface area contributed by atoms with Crippen molar-refractivity contribution in [3.05, 3.63) is 360 Å². The van der Waals surface area contributed by atoms with Crippen LogP contribution in [0.3, 0.4) is 0 Å². The number of aromatic nitrogens is 10. The highest BCUT2D eigenvalue weighted by Crippen LogP contribution is 2.46. The molecule has 1 fully saturated rings. The van der Waals surface area contributed by atoms with E-state index in [2.05, 4.69) is 283 Å². The molecule has 1 saturated carbocycles. The molecule has 26 rings (SSSR count). The van der Waals surface area contributed by atoms with E-state index in [0.717, 1.165) is 177 Å². The zero-order valence-electron chi connectivity index (χ0n) is 82.6. The Morgan fingerprint density at radius 3 is 1.06 bits per heavy atom. The topological polar surface area (TPSA) is 150 Å². The van der Waals surface area contributed by atoms with Gasteiger partial charge in [-0.15, -0.1) is 0 Å². The Balaban J connectivity index is 0.000000101. The Hall–Kier alpha value is -16.0. The second-order valence-electron chi connectivity index (χ2n) is 37.4. The molecule has 15 aromatic heterocycles.